The molecule has 2 unspecified atom stereocenters. The van der Waals surface area contributed by atoms with Crippen molar-refractivity contribution in [2.45, 2.75) is 46.0 Å². The Bertz CT molecular complexity index is 306. The summed E-state index contributed by atoms with van der Waals surface area (Å²) in [5, 5.41) is 8.89. The van der Waals surface area contributed by atoms with E-state index in [9.17, 15) is 9.59 Å². The molecule has 0 bridgehead atoms. The summed E-state index contributed by atoms with van der Waals surface area (Å²) >= 11 is 0. The summed E-state index contributed by atoms with van der Waals surface area (Å²) in [6, 6.07) is 0. The summed E-state index contributed by atoms with van der Waals surface area (Å²) in [5.74, 6) is -0.683. The lowest BCUT2D eigenvalue weighted by atomic mass is 9.75. The van der Waals surface area contributed by atoms with Crippen molar-refractivity contribution in [3.05, 3.63) is 12.2 Å². The van der Waals surface area contributed by atoms with E-state index < -0.39 is 5.97 Å². The molecule has 90 valence electrons. The van der Waals surface area contributed by atoms with Crippen LogP contribution in [0.5, 0.6) is 0 Å². The van der Waals surface area contributed by atoms with Crippen molar-refractivity contribution in [3.63, 3.8) is 0 Å². The SMILES string of the molecule is CCC=CCC1C(=O)CCC1(C)CC(=O)O. The van der Waals surface area contributed by atoms with Gasteiger partial charge < -0.3 is 5.11 Å². The summed E-state index contributed by atoms with van der Waals surface area (Å²) < 4.78 is 0. The van der Waals surface area contributed by atoms with Crippen LogP contribution in [0.2, 0.25) is 0 Å². The lowest BCUT2D eigenvalue weighted by Crippen LogP contribution is -2.28. The van der Waals surface area contributed by atoms with Gasteiger partial charge >= 0.3 is 5.97 Å². The molecule has 0 spiro atoms. The van der Waals surface area contributed by atoms with E-state index in [4.69, 9.17) is 5.11 Å². The Morgan fingerprint density at radius 2 is 2.25 bits per heavy atom. The van der Waals surface area contributed by atoms with E-state index in [1.54, 1.807) is 0 Å². The highest BCUT2D eigenvalue weighted by Crippen LogP contribution is 2.45. The molecule has 0 aromatic rings. The topological polar surface area (TPSA) is 54.4 Å². The average molecular weight is 224 g/mol. The Kier molecular flexibility index (Phi) is 4.27. The Morgan fingerprint density at radius 3 is 2.81 bits per heavy atom. The minimum atomic E-state index is -0.804. The number of carboxylic acid groups (broad SMARTS) is 1. The first-order chi connectivity index (χ1) is 7.49. The first kappa shape index (κ1) is 12.9. The molecular weight excluding hydrogens is 204 g/mol. The van der Waals surface area contributed by atoms with Crippen LogP contribution in [0.15, 0.2) is 12.2 Å². The number of ketones is 1. The molecule has 16 heavy (non-hydrogen) atoms. The summed E-state index contributed by atoms with van der Waals surface area (Å²) in [6.07, 6.45) is 7.04. The Hall–Kier alpha value is -1.12. The quantitative estimate of drug-likeness (QED) is 0.730. The van der Waals surface area contributed by atoms with Crippen molar-refractivity contribution in [2.75, 3.05) is 0 Å². The van der Waals surface area contributed by atoms with E-state index in [1.807, 2.05) is 26.0 Å². The maximum Gasteiger partial charge on any atom is 0.303 e. The van der Waals surface area contributed by atoms with Crippen LogP contribution in [0.1, 0.15) is 46.0 Å². The Labute approximate surface area is 96.5 Å². The molecule has 3 heteroatoms. The summed E-state index contributed by atoms with van der Waals surface area (Å²) in [7, 11) is 0. The van der Waals surface area contributed by atoms with Gasteiger partial charge in [0.05, 0.1) is 6.42 Å². The third-order valence-electron chi connectivity index (χ3n) is 3.50. The van der Waals surface area contributed by atoms with E-state index >= 15 is 0 Å². The van der Waals surface area contributed by atoms with Crippen LogP contribution in [0.3, 0.4) is 0 Å². The third-order valence-corrected chi connectivity index (χ3v) is 3.50. The molecule has 0 heterocycles. The van der Waals surface area contributed by atoms with Gasteiger partial charge in [0.15, 0.2) is 0 Å². The molecule has 0 radical (unpaired) electrons. The number of carbonyl (C=O) groups is 2. The maximum absolute atomic E-state index is 11.7. The number of allylic oxidation sites excluding steroid dienone is 2. The number of Topliss-reactive ketones (excluding diaryl/α,β-unsaturated/α-hetero) is 1. The van der Waals surface area contributed by atoms with Crippen LogP contribution in [0.25, 0.3) is 0 Å². The van der Waals surface area contributed by atoms with Gasteiger partial charge in [-0.05, 0) is 24.7 Å². The maximum atomic E-state index is 11.7. The molecule has 0 aromatic carbocycles. The van der Waals surface area contributed by atoms with Gasteiger partial charge in [0.2, 0.25) is 0 Å². The molecule has 0 saturated heterocycles. The second-order valence-electron chi connectivity index (χ2n) is 4.86. The van der Waals surface area contributed by atoms with Gasteiger partial charge in [0, 0.05) is 12.3 Å². The number of hydrogen-bond donors (Lipinski definition) is 1. The molecule has 1 aliphatic carbocycles. The van der Waals surface area contributed by atoms with Crippen LogP contribution in [-0.2, 0) is 9.59 Å². The second-order valence-corrected chi connectivity index (χ2v) is 4.86. The van der Waals surface area contributed by atoms with Crippen LogP contribution in [0, 0.1) is 11.3 Å². The molecule has 2 atom stereocenters. The largest absolute Gasteiger partial charge is 0.481 e. The molecule has 1 fully saturated rings. The van der Waals surface area contributed by atoms with Crippen LogP contribution < -0.4 is 0 Å². The molecule has 1 aliphatic rings. The highest BCUT2D eigenvalue weighted by Gasteiger charge is 2.44. The van der Waals surface area contributed by atoms with E-state index in [-0.39, 0.29) is 23.5 Å². The molecule has 0 aliphatic heterocycles. The van der Waals surface area contributed by atoms with Crippen molar-refractivity contribution in [3.8, 4) is 0 Å². The lowest BCUT2D eigenvalue weighted by Gasteiger charge is -2.27. The van der Waals surface area contributed by atoms with Gasteiger partial charge in [0.1, 0.15) is 5.78 Å². The Morgan fingerprint density at radius 1 is 1.56 bits per heavy atom. The van der Waals surface area contributed by atoms with Gasteiger partial charge in [-0.25, -0.2) is 0 Å². The number of carbonyl (C=O) groups excluding carboxylic acids is 1. The van der Waals surface area contributed by atoms with Crippen LogP contribution in [-0.4, -0.2) is 16.9 Å². The zero-order valence-electron chi connectivity index (χ0n) is 10.0. The zero-order chi connectivity index (χ0) is 12.2. The predicted octanol–water partition coefficient (Wildman–Crippen LogP) is 2.80. The van der Waals surface area contributed by atoms with Crippen molar-refractivity contribution in [2.24, 2.45) is 11.3 Å². The van der Waals surface area contributed by atoms with Gasteiger partial charge in [-0.15, -0.1) is 0 Å². The van der Waals surface area contributed by atoms with Gasteiger partial charge in [-0.2, -0.15) is 0 Å². The van der Waals surface area contributed by atoms with Gasteiger partial charge in [-0.1, -0.05) is 26.0 Å². The fraction of sp³-hybridized carbons (Fsp3) is 0.692. The van der Waals surface area contributed by atoms with Crippen LogP contribution >= 0.6 is 0 Å². The second kappa shape index (κ2) is 5.28. The number of carboxylic acids is 1. The number of aliphatic carboxylic acids is 1. The van der Waals surface area contributed by atoms with Gasteiger partial charge in [-0.3, -0.25) is 9.59 Å². The fourth-order valence-electron chi connectivity index (χ4n) is 2.52. The standard InChI is InChI=1S/C13H20O3/c1-3-4-5-6-10-11(14)7-8-13(10,2)9-12(15)16/h4-5,10H,3,6-9H2,1-2H3,(H,15,16). The normalized spacial score (nSPS) is 30.1. The molecule has 3 nitrogen and oxygen atoms in total. The minimum Gasteiger partial charge on any atom is -0.481 e. The fourth-order valence-corrected chi connectivity index (χ4v) is 2.52. The highest BCUT2D eigenvalue weighted by atomic mass is 16.4. The smallest absolute Gasteiger partial charge is 0.303 e. The molecule has 1 N–H and O–H groups in total. The molecule has 0 aromatic heterocycles. The summed E-state index contributed by atoms with van der Waals surface area (Å²) in [5.41, 5.74) is -0.346. The van der Waals surface area contributed by atoms with E-state index in [0.717, 1.165) is 6.42 Å². The van der Waals surface area contributed by atoms with Gasteiger partial charge in [0.25, 0.3) is 0 Å². The number of rotatable bonds is 5. The van der Waals surface area contributed by atoms with E-state index in [0.29, 0.717) is 19.3 Å². The predicted molar refractivity (Wildman–Crippen MR) is 62.1 cm³/mol. The molecule has 1 rings (SSSR count). The Balaban J connectivity index is 2.72. The lowest BCUT2D eigenvalue weighted by molar-refractivity contribution is -0.140. The van der Waals surface area contributed by atoms with E-state index in [1.165, 1.54) is 0 Å². The molecule has 0 amide bonds. The summed E-state index contributed by atoms with van der Waals surface area (Å²) in [4.78, 5) is 22.6. The highest BCUT2D eigenvalue weighted by molar-refractivity contribution is 5.85. The first-order valence-corrected chi connectivity index (χ1v) is 5.89. The van der Waals surface area contributed by atoms with Crippen molar-refractivity contribution < 1.29 is 14.7 Å². The molecular formula is C13H20O3. The molecule has 1 saturated carbocycles. The number of hydrogen-bond acceptors (Lipinski definition) is 2. The van der Waals surface area contributed by atoms with Crippen molar-refractivity contribution in [1.29, 1.82) is 0 Å². The minimum absolute atomic E-state index is 0.101. The van der Waals surface area contributed by atoms with Crippen molar-refractivity contribution >= 4 is 11.8 Å². The third kappa shape index (κ3) is 2.94. The monoisotopic (exact) mass is 224 g/mol. The van der Waals surface area contributed by atoms with Crippen LogP contribution in [0.4, 0.5) is 0 Å². The summed E-state index contributed by atoms with van der Waals surface area (Å²) in [6.45, 7) is 3.97. The zero-order valence-corrected chi connectivity index (χ0v) is 10.0. The first-order valence-electron chi connectivity index (χ1n) is 5.89. The average Bonchev–Trinajstić information content (AvgIpc) is 2.44. The van der Waals surface area contributed by atoms with E-state index in [2.05, 4.69) is 0 Å². The van der Waals surface area contributed by atoms with Crippen molar-refractivity contribution in [1.82, 2.24) is 0 Å².